The van der Waals surface area contributed by atoms with Gasteiger partial charge in [-0.2, -0.15) is 10.2 Å². The van der Waals surface area contributed by atoms with Crippen LogP contribution in [0.4, 0.5) is 5.69 Å². The van der Waals surface area contributed by atoms with Gasteiger partial charge in [0, 0.05) is 18.6 Å². The summed E-state index contributed by atoms with van der Waals surface area (Å²) in [4.78, 5) is 10.9. The van der Waals surface area contributed by atoms with E-state index >= 15 is 0 Å². The van der Waals surface area contributed by atoms with Crippen LogP contribution in [0.15, 0.2) is 39.6 Å². The van der Waals surface area contributed by atoms with E-state index in [2.05, 4.69) is 22.0 Å². The highest BCUT2D eigenvalue weighted by atomic mass is 16.4. The van der Waals surface area contributed by atoms with Crippen molar-refractivity contribution in [2.24, 2.45) is 15.3 Å². The van der Waals surface area contributed by atoms with E-state index in [4.69, 9.17) is 10.8 Å². The predicted octanol–water partition coefficient (Wildman–Crippen LogP) is 1.57. The van der Waals surface area contributed by atoms with E-state index in [9.17, 15) is 4.79 Å². The van der Waals surface area contributed by atoms with Crippen LogP contribution in [0.25, 0.3) is 0 Å². The molecule has 1 aromatic carbocycles. The van der Waals surface area contributed by atoms with E-state index in [1.165, 1.54) is 5.01 Å². The molecule has 0 amide bonds. The van der Waals surface area contributed by atoms with E-state index in [1.807, 2.05) is 12.1 Å². The Labute approximate surface area is 117 Å². The van der Waals surface area contributed by atoms with Gasteiger partial charge in [0.15, 0.2) is 5.84 Å². The topological polar surface area (TPSA) is 104 Å². The van der Waals surface area contributed by atoms with Gasteiger partial charge in [-0.3, -0.25) is 4.79 Å². The maximum Gasteiger partial charge on any atom is 0.311 e. The smallest absolute Gasteiger partial charge is 0.311 e. The first kappa shape index (κ1) is 15.4. The first-order chi connectivity index (χ1) is 9.56. The zero-order valence-electron chi connectivity index (χ0n) is 11.2. The molecule has 1 aromatic rings. The molecule has 0 heterocycles. The summed E-state index contributed by atoms with van der Waals surface area (Å²) in [5.74, 6) is -0.802. The van der Waals surface area contributed by atoms with E-state index in [-0.39, 0.29) is 12.3 Å². The first-order valence-electron chi connectivity index (χ1n) is 5.91. The molecule has 0 unspecified atom stereocenters. The number of anilines is 1. The maximum atomic E-state index is 10.9. The fourth-order valence-corrected chi connectivity index (χ4v) is 1.53. The number of carboxylic acid groups (broad SMARTS) is 1. The lowest BCUT2D eigenvalue weighted by Gasteiger charge is -2.19. The molecule has 7 heteroatoms. The van der Waals surface area contributed by atoms with Gasteiger partial charge in [-0.05, 0) is 24.6 Å². The molecule has 106 valence electrons. The molecule has 0 aliphatic carbocycles. The van der Waals surface area contributed by atoms with E-state index in [0.717, 1.165) is 5.56 Å². The van der Waals surface area contributed by atoms with Gasteiger partial charge in [0.1, 0.15) is 6.42 Å². The first-order valence-corrected chi connectivity index (χ1v) is 5.91. The lowest BCUT2D eigenvalue weighted by Crippen LogP contribution is -2.27. The Kier molecular flexibility index (Phi) is 5.89. The van der Waals surface area contributed by atoms with Crippen LogP contribution in [0.3, 0.4) is 0 Å². The molecule has 3 N–H and O–H groups in total. The van der Waals surface area contributed by atoms with Crippen LogP contribution in [0.1, 0.15) is 18.9 Å². The molecule has 0 aliphatic heterocycles. The van der Waals surface area contributed by atoms with Crippen molar-refractivity contribution in [1.82, 2.24) is 5.01 Å². The van der Waals surface area contributed by atoms with Gasteiger partial charge >= 0.3 is 5.97 Å². The molecule has 0 saturated carbocycles. The molecule has 0 aliphatic rings. The van der Waals surface area contributed by atoms with Crippen molar-refractivity contribution in [3.63, 3.8) is 0 Å². The monoisotopic (exact) mass is 275 g/mol. The number of carbonyl (C=O) groups is 1. The average Bonchev–Trinajstić information content (AvgIpc) is 2.40. The summed E-state index contributed by atoms with van der Waals surface area (Å²) in [6, 6.07) is 7.21. The number of hydrogen-bond donors (Lipinski definition) is 2. The number of carboxylic acids is 1. The van der Waals surface area contributed by atoms with Crippen LogP contribution in [-0.2, 0) is 11.3 Å². The van der Waals surface area contributed by atoms with Crippen LogP contribution in [0, 0.1) is 0 Å². The summed E-state index contributed by atoms with van der Waals surface area (Å²) in [5.41, 5.74) is 7.20. The van der Waals surface area contributed by atoms with Crippen LogP contribution in [0.2, 0.25) is 0 Å². The number of hydrazone groups is 1. The second kappa shape index (κ2) is 7.67. The van der Waals surface area contributed by atoms with Crippen molar-refractivity contribution < 1.29 is 9.90 Å². The lowest BCUT2D eigenvalue weighted by atomic mass is 10.2. The number of amidine groups is 1. The minimum absolute atomic E-state index is 0.211. The van der Waals surface area contributed by atoms with Crippen molar-refractivity contribution in [2.45, 2.75) is 19.9 Å². The normalized spacial score (nSPS) is 11.6. The number of nitrogen functional groups attached to an aromatic ring is 1. The Morgan fingerprint density at radius 3 is 2.60 bits per heavy atom. The molecule has 0 radical (unpaired) electrons. The number of rotatable bonds is 6. The highest BCUT2D eigenvalue weighted by Crippen LogP contribution is 2.11. The van der Waals surface area contributed by atoms with Gasteiger partial charge < -0.3 is 10.8 Å². The molecule has 0 spiro atoms. The molecule has 20 heavy (non-hydrogen) atoms. The number of hydrogen-bond acceptors (Lipinski definition) is 5. The summed E-state index contributed by atoms with van der Waals surface area (Å²) < 4.78 is 0. The van der Waals surface area contributed by atoms with Gasteiger partial charge in [-0.15, -0.1) is 5.10 Å². The minimum atomic E-state index is -1.01. The zero-order chi connectivity index (χ0) is 15.0. The Bertz CT molecular complexity index is 522. The Morgan fingerprint density at radius 1 is 1.45 bits per heavy atom. The van der Waals surface area contributed by atoms with Gasteiger partial charge in [-0.1, -0.05) is 12.1 Å². The molecule has 0 atom stereocenters. The fourth-order valence-electron chi connectivity index (χ4n) is 1.53. The van der Waals surface area contributed by atoms with Crippen LogP contribution >= 0.6 is 0 Å². The predicted molar refractivity (Wildman–Crippen MR) is 79.8 cm³/mol. The van der Waals surface area contributed by atoms with Crippen LogP contribution < -0.4 is 5.73 Å². The largest absolute Gasteiger partial charge is 0.481 e. The van der Waals surface area contributed by atoms with Crippen LogP contribution in [0.5, 0.6) is 0 Å². The minimum Gasteiger partial charge on any atom is -0.481 e. The highest BCUT2D eigenvalue weighted by Gasteiger charge is 2.14. The summed E-state index contributed by atoms with van der Waals surface area (Å²) in [7, 11) is 0. The van der Waals surface area contributed by atoms with E-state index < -0.39 is 5.97 Å². The lowest BCUT2D eigenvalue weighted by molar-refractivity contribution is -0.135. The highest BCUT2D eigenvalue weighted by molar-refractivity contribution is 5.96. The SMILES string of the molecule is C=N/N=C(/CC(=O)O)N(Cc1ccc(N)cc1)/N=C\C. The quantitative estimate of drug-likeness (QED) is 0.356. The van der Waals surface area contributed by atoms with Crippen molar-refractivity contribution in [1.29, 1.82) is 0 Å². The molecule has 0 saturated heterocycles. The van der Waals surface area contributed by atoms with Gasteiger partial charge in [0.25, 0.3) is 0 Å². The third kappa shape index (κ3) is 4.89. The summed E-state index contributed by atoms with van der Waals surface area (Å²) in [6.45, 7) is 5.34. The van der Waals surface area contributed by atoms with E-state index in [1.54, 1.807) is 25.3 Å². The van der Waals surface area contributed by atoms with E-state index in [0.29, 0.717) is 12.2 Å². The second-order valence-corrected chi connectivity index (χ2v) is 3.90. The number of nitrogens with two attached hydrogens (primary N) is 1. The zero-order valence-corrected chi connectivity index (χ0v) is 11.2. The summed E-state index contributed by atoms with van der Waals surface area (Å²) in [6.07, 6.45) is 1.27. The van der Waals surface area contributed by atoms with Crippen LogP contribution in [-0.4, -0.2) is 34.9 Å². The standard InChI is InChI=1S/C13H17N5O2/c1-3-16-18(12(17-15-2)8-13(19)20)9-10-4-6-11(14)7-5-10/h3-7H,2,8-9,14H2,1H3,(H,19,20)/b16-3-,17-12-. The van der Waals surface area contributed by atoms with Crippen molar-refractivity contribution in [3.05, 3.63) is 29.8 Å². The van der Waals surface area contributed by atoms with Gasteiger partial charge in [-0.25, -0.2) is 5.01 Å². The van der Waals surface area contributed by atoms with Crippen molar-refractivity contribution >= 4 is 30.4 Å². The van der Waals surface area contributed by atoms with Gasteiger partial charge in [0.2, 0.25) is 0 Å². The van der Waals surface area contributed by atoms with Gasteiger partial charge in [0.05, 0.1) is 6.54 Å². The second-order valence-electron chi connectivity index (χ2n) is 3.90. The molecular weight excluding hydrogens is 258 g/mol. The maximum absolute atomic E-state index is 10.9. The average molecular weight is 275 g/mol. The molecule has 0 aromatic heterocycles. The number of nitrogens with zero attached hydrogens (tertiary/aromatic N) is 4. The summed E-state index contributed by atoms with van der Waals surface area (Å²) in [5, 5.41) is 21.6. The van der Waals surface area contributed by atoms with Crippen molar-refractivity contribution in [3.8, 4) is 0 Å². The molecular formula is C13H17N5O2. The number of benzene rings is 1. The Hall–Kier alpha value is -2.70. The molecule has 1 rings (SSSR count). The third-order valence-electron chi connectivity index (χ3n) is 2.36. The Balaban J connectivity index is 2.96. The molecule has 0 bridgehead atoms. The number of aliphatic carboxylic acids is 1. The summed E-state index contributed by atoms with van der Waals surface area (Å²) >= 11 is 0. The molecule has 0 fully saturated rings. The Morgan fingerprint density at radius 2 is 2.10 bits per heavy atom. The van der Waals surface area contributed by atoms with Crippen molar-refractivity contribution in [2.75, 3.05) is 5.73 Å². The molecule has 7 nitrogen and oxygen atoms in total. The third-order valence-corrected chi connectivity index (χ3v) is 2.36. The fraction of sp³-hybridized carbons (Fsp3) is 0.231.